The highest BCUT2D eigenvalue weighted by Crippen LogP contribution is 2.28. The Balaban J connectivity index is 1.55. The van der Waals surface area contributed by atoms with E-state index in [9.17, 15) is 4.79 Å². The van der Waals surface area contributed by atoms with Crippen LogP contribution in [0.15, 0.2) is 18.3 Å². The van der Waals surface area contributed by atoms with E-state index in [0.29, 0.717) is 17.5 Å². The molecule has 0 saturated carbocycles. The van der Waals surface area contributed by atoms with Gasteiger partial charge >= 0.3 is 0 Å². The van der Waals surface area contributed by atoms with Gasteiger partial charge in [-0.25, -0.2) is 9.67 Å². The van der Waals surface area contributed by atoms with Crippen molar-refractivity contribution in [3.63, 3.8) is 0 Å². The van der Waals surface area contributed by atoms with E-state index in [4.69, 9.17) is 4.74 Å². The maximum absolute atomic E-state index is 12.9. The van der Waals surface area contributed by atoms with Crippen LogP contribution < -0.4 is 10.1 Å². The van der Waals surface area contributed by atoms with Crippen LogP contribution in [0.25, 0.3) is 0 Å². The van der Waals surface area contributed by atoms with Crippen molar-refractivity contribution in [1.82, 2.24) is 19.7 Å². The molecule has 1 N–H and O–H groups in total. The molecule has 1 aliphatic heterocycles. The fourth-order valence-electron chi connectivity index (χ4n) is 3.90. The second-order valence-electron chi connectivity index (χ2n) is 7.15. The Morgan fingerprint density at radius 3 is 2.88 bits per heavy atom. The van der Waals surface area contributed by atoms with Crippen LogP contribution in [-0.2, 0) is 12.8 Å². The molecule has 4 rings (SSSR count). The lowest BCUT2D eigenvalue weighted by molar-refractivity contribution is 0.102. The van der Waals surface area contributed by atoms with E-state index in [1.165, 1.54) is 0 Å². The number of likely N-dealkylation sites (tertiary alicyclic amines) is 1. The van der Waals surface area contributed by atoms with E-state index >= 15 is 0 Å². The van der Waals surface area contributed by atoms with Crippen LogP contribution in [-0.4, -0.2) is 52.8 Å². The summed E-state index contributed by atoms with van der Waals surface area (Å²) in [7, 11) is 3.69. The molecule has 2 aliphatic rings. The van der Waals surface area contributed by atoms with Crippen molar-refractivity contribution in [3.05, 3.63) is 35.2 Å². The van der Waals surface area contributed by atoms with Gasteiger partial charge in [0.15, 0.2) is 0 Å². The molecule has 0 spiro atoms. The highest BCUT2D eigenvalue weighted by Gasteiger charge is 2.24. The van der Waals surface area contributed by atoms with Crippen LogP contribution in [0.1, 0.15) is 46.9 Å². The van der Waals surface area contributed by atoms with Gasteiger partial charge in [-0.1, -0.05) is 0 Å². The molecule has 1 amide bonds. The van der Waals surface area contributed by atoms with Crippen molar-refractivity contribution in [3.8, 4) is 5.88 Å². The molecule has 0 atom stereocenters. The number of ether oxygens (including phenoxy) is 1. The number of fused-ring (bicyclic) bond motifs is 1. The van der Waals surface area contributed by atoms with Gasteiger partial charge < -0.3 is 15.0 Å². The van der Waals surface area contributed by atoms with Crippen LogP contribution in [0.5, 0.6) is 5.88 Å². The number of anilines is 1. The molecule has 1 aliphatic carbocycles. The molecular weight excluding hydrogens is 330 g/mol. The zero-order valence-electron chi connectivity index (χ0n) is 15.4. The van der Waals surface area contributed by atoms with Gasteiger partial charge in [-0.3, -0.25) is 4.79 Å². The molecule has 1 fully saturated rings. The van der Waals surface area contributed by atoms with Gasteiger partial charge in [0, 0.05) is 11.8 Å². The van der Waals surface area contributed by atoms with E-state index in [0.717, 1.165) is 62.3 Å². The van der Waals surface area contributed by atoms with Crippen molar-refractivity contribution >= 4 is 11.7 Å². The quantitative estimate of drug-likeness (QED) is 0.911. The smallest absolute Gasteiger partial charge is 0.262 e. The summed E-state index contributed by atoms with van der Waals surface area (Å²) in [5.74, 6) is 0.930. The second-order valence-corrected chi connectivity index (χ2v) is 7.15. The van der Waals surface area contributed by atoms with E-state index < -0.39 is 0 Å². The molecule has 1 saturated heterocycles. The van der Waals surface area contributed by atoms with Crippen molar-refractivity contribution in [2.45, 2.75) is 38.1 Å². The minimum absolute atomic E-state index is 0.196. The first kappa shape index (κ1) is 17.0. The minimum atomic E-state index is -0.196. The van der Waals surface area contributed by atoms with Crippen LogP contribution in [0.3, 0.4) is 0 Å². The number of aryl methyl sites for hydroxylation is 2. The molecule has 2 aromatic heterocycles. The summed E-state index contributed by atoms with van der Waals surface area (Å²) in [6, 6.07) is 4.10. The zero-order valence-corrected chi connectivity index (χ0v) is 15.4. The number of hydrogen-bond acceptors (Lipinski definition) is 5. The van der Waals surface area contributed by atoms with Gasteiger partial charge in [-0.2, -0.15) is 5.10 Å². The number of carbonyl (C=O) groups excluding carboxylic acids is 1. The third-order valence-corrected chi connectivity index (χ3v) is 5.40. The van der Waals surface area contributed by atoms with Gasteiger partial charge in [0.05, 0.1) is 19.3 Å². The van der Waals surface area contributed by atoms with Crippen LogP contribution in [0.2, 0.25) is 0 Å². The fraction of sp³-hybridized carbons (Fsp3) is 0.526. The molecule has 0 bridgehead atoms. The molecule has 138 valence electrons. The van der Waals surface area contributed by atoms with Crippen LogP contribution in [0.4, 0.5) is 5.82 Å². The van der Waals surface area contributed by atoms with Crippen LogP contribution >= 0.6 is 0 Å². The average molecular weight is 355 g/mol. The number of hydrogen-bond donors (Lipinski definition) is 1. The predicted octanol–water partition coefficient (Wildman–Crippen LogP) is 2.29. The molecule has 3 heterocycles. The molecule has 26 heavy (non-hydrogen) atoms. The maximum Gasteiger partial charge on any atom is 0.262 e. The predicted molar refractivity (Wildman–Crippen MR) is 98.8 cm³/mol. The van der Waals surface area contributed by atoms with Gasteiger partial charge in [0.25, 0.3) is 5.91 Å². The number of rotatable bonds is 4. The zero-order chi connectivity index (χ0) is 18.1. The number of nitrogens with one attached hydrogen (secondary N) is 1. The first-order chi connectivity index (χ1) is 12.7. The van der Waals surface area contributed by atoms with E-state index in [-0.39, 0.29) is 5.91 Å². The number of aromatic nitrogens is 3. The van der Waals surface area contributed by atoms with Gasteiger partial charge in [0.1, 0.15) is 11.4 Å². The first-order valence-corrected chi connectivity index (χ1v) is 9.26. The summed E-state index contributed by atoms with van der Waals surface area (Å²) >= 11 is 0. The van der Waals surface area contributed by atoms with Gasteiger partial charge in [0.2, 0.25) is 5.88 Å². The average Bonchev–Trinajstić information content (AvgIpc) is 3.29. The number of carbonyl (C=O) groups is 1. The normalized spacial score (nSPS) is 17.9. The molecule has 7 heteroatoms. The lowest BCUT2D eigenvalue weighted by atomic mass is 10.1. The third kappa shape index (κ3) is 3.19. The number of piperidine rings is 1. The highest BCUT2D eigenvalue weighted by molar-refractivity contribution is 6.05. The Morgan fingerprint density at radius 1 is 1.31 bits per heavy atom. The van der Waals surface area contributed by atoms with Gasteiger partial charge in [-0.15, -0.1) is 0 Å². The summed E-state index contributed by atoms with van der Waals surface area (Å²) in [5.41, 5.74) is 2.69. The highest BCUT2D eigenvalue weighted by atomic mass is 16.5. The number of nitrogens with zero attached hydrogens (tertiary/aromatic N) is 4. The lowest BCUT2D eigenvalue weighted by Gasteiger charge is -2.30. The van der Waals surface area contributed by atoms with Crippen molar-refractivity contribution < 1.29 is 9.53 Å². The SMILES string of the molecule is COc1nc2c(cc1C(=O)Nc1ccnn1C1CCN(C)CC1)CCC2. The van der Waals surface area contributed by atoms with E-state index in [2.05, 4.69) is 27.3 Å². The Hall–Kier alpha value is -2.41. The summed E-state index contributed by atoms with van der Waals surface area (Å²) < 4.78 is 7.31. The molecular formula is C19H25N5O2. The Morgan fingerprint density at radius 2 is 2.12 bits per heavy atom. The maximum atomic E-state index is 12.9. The lowest BCUT2D eigenvalue weighted by Crippen LogP contribution is -2.32. The van der Waals surface area contributed by atoms with Crippen molar-refractivity contribution in [2.24, 2.45) is 0 Å². The first-order valence-electron chi connectivity index (χ1n) is 9.26. The summed E-state index contributed by atoms with van der Waals surface area (Å²) in [6.07, 6.45) is 6.82. The van der Waals surface area contributed by atoms with Crippen molar-refractivity contribution in [1.29, 1.82) is 0 Å². The number of methoxy groups -OCH3 is 1. The summed E-state index contributed by atoms with van der Waals surface area (Å²) in [5, 5.41) is 7.46. The largest absolute Gasteiger partial charge is 0.480 e. The fourth-order valence-corrected chi connectivity index (χ4v) is 3.90. The van der Waals surface area contributed by atoms with Crippen molar-refractivity contribution in [2.75, 3.05) is 32.6 Å². The Bertz CT molecular complexity index is 808. The Labute approximate surface area is 153 Å². The minimum Gasteiger partial charge on any atom is -0.480 e. The monoisotopic (exact) mass is 355 g/mol. The molecule has 2 aromatic rings. The van der Waals surface area contributed by atoms with E-state index in [1.807, 2.05) is 16.8 Å². The summed E-state index contributed by atoms with van der Waals surface area (Å²) in [6.45, 7) is 2.08. The van der Waals surface area contributed by atoms with Gasteiger partial charge in [-0.05, 0) is 63.9 Å². The third-order valence-electron chi connectivity index (χ3n) is 5.40. The standard InChI is InChI=1S/C19H25N5O2/c1-23-10-7-14(8-11-23)24-17(6-9-20-24)22-18(25)15-12-13-4-3-5-16(13)21-19(15)26-2/h6,9,12,14H,3-5,7-8,10-11H2,1-2H3,(H,22,25). The number of pyridine rings is 1. The summed E-state index contributed by atoms with van der Waals surface area (Å²) in [4.78, 5) is 19.7. The molecule has 7 nitrogen and oxygen atoms in total. The van der Waals surface area contributed by atoms with Crippen LogP contribution in [0, 0.1) is 0 Å². The number of amides is 1. The topological polar surface area (TPSA) is 72.3 Å². The van der Waals surface area contributed by atoms with E-state index in [1.54, 1.807) is 13.3 Å². The molecule has 0 aromatic carbocycles. The molecule has 0 radical (unpaired) electrons. The Kier molecular flexibility index (Phi) is 4.63. The second kappa shape index (κ2) is 7.07. The molecule has 0 unspecified atom stereocenters.